The summed E-state index contributed by atoms with van der Waals surface area (Å²) in [6, 6.07) is 5.95. The minimum absolute atomic E-state index is 0.485. The van der Waals surface area contributed by atoms with Gasteiger partial charge in [-0.1, -0.05) is 12.2 Å². The van der Waals surface area contributed by atoms with Gasteiger partial charge in [0.2, 0.25) is 5.13 Å². The zero-order chi connectivity index (χ0) is 18.1. The number of hydrazone groups is 1. The first-order valence-corrected chi connectivity index (χ1v) is 8.65. The van der Waals surface area contributed by atoms with Crippen LogP contribution in [-0.4, -0.2) is 36.3 Å². The van der Waals surface area contributed by atoms with Gasteiger partial charge in [0.25, 0.3) is 0 Å². The van der Waals surface area contributed by atoms with Gasteiger partial charge in [-0.2, -0.15) is 5.10 Å². The van der Waals surface area contributed by atoms with Crippen molar-refractivity contribution in [2.45, 2.75) is 6.54 Å². The maximum Gasteiger partial charge on any atom is 0.205 e. The van der Waals surface area contributed by atoms with E-state index in [9.17, 15) is 0 Å². The van der Waals surface area contributed by atoms with Gasteiger partial charge in [-0.15, -0.1) is 24.5 Å². The third kappa shape index (κ3) is 5.74. The molecule has 0 amide bonds. The molecule has 1 aromatic carbocycles. The fraction of sp³-hybridized carbons (Fsp3) is 0.222. The number of anilines is 2. The minimum atomic E-state index is 0.485. The molecule has 0 spiro atoms. The van der Waals surface area contributed by atoms with Gasteiger partial charge < -0.3 is 10.5 Å². The summed E-state index contributed by atoms with van der Waals surface area (Å²) < 4.78 is 5.47. The fourth-order valence-electron chi connectivity index (χ4n) is 2.31. The van der Waals surface area contributed by atoms with E-state index >= 15 is 0 Å². The van der Waals surface area contributed by atoms with Crippen molar-refractivity contribution in [3.8, 4) is 5.75 Å². The van der Waals surface area contributed by atoms with Crippen LogP contribution < -0.4 is 15.9 Å². The predicted octanol–water partition coefficient (Wildman–Crippen LogP) is 3.35. The summed E-state index contributed by atoms with van der Waals surface area (Å²) in [6.45, 7) is 9.90. The molecule has 2 rings (SSSR count). The smallest absolute Gasteiger partial charge is 0.205 e. The number of hydrogen-bond donors (Lipinski definition) is 2. The molecule has 6 nitrogen and oxygen atoms in total. The molecular formula is C18H23N5OS. The molecule has 0 aliphatic carbocycles. The molecule has 0 saturated carbocycles. The standard InChI is InChI=1S/C18H23N5OS/c1-4-8-23(9-5-2)12-15-10-14(6-7-16(15)24-3)11-20-22-18-21-17(19)13-25-18/h4-7,10-11,13H,1-2,8-9,12,19H2,3H3,(H,21,22). The lowest BCUT2D eigenvalue weighted by Crippen LogP contribution is -2.23. The quantitative estimate of drug-likeness (QED) is 0.387. The van der Waals surface area contributed by atoms with E-state index in [-0.39, 0.29) is 0 Å². The minimum Gasteiger partial charge on any atom is -0.496 e. The number of thiazole rings is 1. The van der Waals surface area contributed by atoms with Crippen LogP contribution in [0, 0.1) is 0 Å². The molecule has 132 valence electrons. The van der Waals surface area contributed by atoms with Gasteiger partial charge in [0, 0.05) is 30.6 Å². The summed E-state index contributed by atoms with van der Waals surface area (Å²) in [7, 11) is 1.67. The normalized spacial score (nSPS) is 11.0. The van der Waals surface area contributed by atoms with Crippen molar-refractivity contribution in [2.75, 3.05) is 31.4 Å². The first-order valence-electron chi connectivity index (χ1n) is 7.77. The maximum atomic E-state index is 5.58. The second kappa shape index (κ2) is 9.61. The van der Waals surface area contributed by atoms with Gasteiger partial charge in [0.05, 0.1) is 13.3 Å². The zero-order valence-corrected chi connectivity index (χ0v) is 15.1. The van der Waals surface area contributed by atoms with Crippen LogP contribution in [0.4, 0.5) is 10.9 Å². The Bertz CT molecular complexity index is 731. The number of aromatic nitrogens is 1. The van der Waals surface area contributed by atoms with Crippen molar-refractivity contribution in [3.05, 3.63) is 60.0 Å². The average molecular weight is 357 g/mol. The Morgan fingerprint density at radius 2 is 2.12 bits per heavy atom. The van der Waals surface area contributed by atoms with Gasteiger partial charge in [-0.3, -0.25) is 10.3 Å². The highest BCUT2D eigenvalue weighted by molar-refractivity contribution is 7.14. The zero-order valence-electron chi connectivity index (χ0n) is 14.3. The topological polar surface area (TPSA) is 75.8 Å². The molecule has 2 aromatic rings. The van der Waals surface area contributed by atoms with Crippen molar-refractivity contribution >= 4 is 28.5 Å². The number of hydrogen-bond acceptors (Lipinski definition) is 7. The van der Waals surface area contributed by atoms with Crippen LogP contribution in [0.1, 0.15) is 11.1 Å². The third-order valence-electron chi connectivity index (χ3n) is 3.37. The number of nitrogens with two attached hydrogens (primary N) is 1. The lowest BCUT2D eigenvalue weighted by Gasteiger charge is -2.20. The van der Waals surface area contributed by atoms with E-state index in [4.69, 9.17) is 10.5 Å². The lowest BCUT2D eigenvalue weighted by atomic mass is 10.1. The predicted molar refractivity (Wildman–Crippen MR) is 106 cm³/mol. The molecule has 1 aromatic heterocycles. The number of nitrogens with zero attached hydrogens (tertiary/aromatic N) is 3. The highest BCUT2D eigenvalue weighted by atomic mass is 32.1. The van der Waals surface area contributed by atoms with Crippen molar-refractivity contribution in [2.24, 2.45) is 5.10 Å². The summed E-state index contributed by atoms with van der Waals surface area (Å²) in [6.07, 6.45) is 5.50. The Balaban J connectivity index is 2.11. The van der Waals surface area contributed by atoms with Gasteiger partial charge in [0.15, 0.2) is 0 Å². The van der Waals surface area contributed by atoms with Gasteiger partial charge in [-0.25, -0.2) is 4.98 Å². The summed E-state index contributed by atoms with van der Waals surface area (Å²) in [5, 5.41) is 6.62. The average Bonchev–Trinajstić information content (AvgIpc) is 3.01. The van der Waals surface area contributed by atoms with Crippen molar-refractivity contribution in [3.63, 3.8) is 0 Å². The summed E-state index contributed by atoms with van der Waals surface area (Å²) in [5.74, 6) is 1.33. The van der Waals surface area contributed by atoms with E-state index in [2.05, 4.69) is 39.6 Å². The monoisotopic (exact) mass is 357 g/mol. The Morgan fingerprint density at radius 1 is 1.36 bits per heavy atom. The highest BCUT2D eigenvalue weighted by Crippen LogP contribution is 2.21. The van der Waals surface area contributed by atoms with E-state index in [0.29, 0.717) is 10.9 Å². The largest absolute Gasteiger partial charge is 0.496 e. The van der Waals surface area contributed by atoms with Crippen molar-refractivity contribution in [1.82, 2.24) is 9.88 Å². The number of nitrogens with one attached hydrogen (secondary N) is 1. The number of rotatable bonds is 10. The van der Waals surface area contributed by atoms with Gasteiger partial charge >= 0.3 is 0 Å². The summed E-state index contributed by atoms with van der Waals surface area (Å²) in [4.78, 5) is 6.31. The van der Waals surface area contributed by atoms with Crippen LogP contribution in [0.2, 0.25) is 0 Å². The Morgan fingerprint density at radius 3 is 2.72 bits per heavy atom. The van der Waals surface area contributed by atoms with Crippen LogP contribution in [0.5, 0.6) is 5.75 Å². The van der Waals surface area contributed by atoms with Crippen molar-refractivity contribution in [1.29, 1.82) is 0 Å². The van der Waals surface area contributed by atoms with Crippen LogP contribution >= 0.6 is 11.3 Å². The first kappa shape index (κ1) is 18.7. The second-order valence-corrected chi connectivity index (χ2v) is 6.15. The van der Waals surface area contributed by atoms with Crippen molar-refractivity contribution < 1.29 is 4.74 Å². The Hall–Kier alpha value is -2.64. The number of methoxy groups -OCH3 is 1. The number of ether oxygens (including phenoxy) is 1. The first-order chi connectivity index (χ1) is 12.2. The van der Waals surface area contributed by atoms with E-state index in [1.165, 1.54) is 11.3 Å². The van der Waals surface area contributed by atoms with Crippen LogP contribution in [-0.2, 0) is 6.54 Å². The fourth-order valence-corrected chi connectivity index (χ4v) is 2.86. The lowest BCUT2D eigenvalue weighted by molar-refractivity contribution is 0.317. The number of nitrogen functional groups attached to an aromatic ring is 1. The SMILES string of the molecule is C=CCN(CC=C)Cc1cc(C=NNc2nc(N)cs2)ccc1OC. The number of benzene rings is 1. The Labute approximate surface area is 152 Å². The van der Waals surface area contributed by atoms with Crippen LogP contribution in [0.25, 0.3) is 0 Å². The summed E-state index contributed by atoms with van der Waals surface area (Å²) in [5.41, 5.74) is 10.5. The third-order valence-corrected chi connectivity index (χ3v) is 4.13. The molecule has 1 heterocycles. The molecule has 0 unspecified atom stereocenters. The highest BCUT2D eigenvalue weighted by Gasteiger charge is 2.08. The van der Waals surface area contributed by atoms with Gasteiger partial charge in [0.1, 0.15) is 11.6 Å². The molecule has 3 N–H and O–H groups in total. The van der Waals surface area contributed by atoms with E-state index in [0.717, 1.165) is 36.5 Å². The van der Waals surface area contributed by atoms with E-state index in [1.54, 1.807) is 18.7 Å². The maximum absolute atomic E-state index is 5.58. The molecule has 0 fully saturated rings. The molecule has 0 aliphatic heterocycles. The van der Waals surface area contributed by atoms with E-state index in [1.807, 2.05) is 24.3 Å². The summed E-state index contributed by atoms with van der Waals surface area (Å²) >= 11 is 1.41. The van der Waals surface area contributed by atoms with Crippen LogP contribution in [0.15, 0.2) is 54.0 Å². The molecule has 7 heteroatoms. The molecule has 0 bridgehead atoms. The molecule has 0 radical (unpaired) electrons. The molecular weight excluding hydrogens is 334 g/mol. The van der Waals surface area contributed by atoms with Gasteiger partial charge in [-0.05, 0) is 23.8 Å². The molecule has 0 atom stereocenters. The molecule has 0 aliphatic rings. The molecule has 0 saturated heterocycles. The molecule has 25 heavy (non-hydrogen) atoms. The Kier molecular flexibility index (Phi) is 7.18. The second-order valence-electron chi connectivity index (χ2n) is 5.29. The van der Waals surface area contributed by atoms with Crippen LogP contribution in [0.3, 0.4) is 0 Å². The van der Waals surface area contributed by atoms with E-state index < -0.39 is 0 Å².